The maximum atomic E-state index is 12.7. The lowest BCUT2D eigenvalue weighted by molar-refractivity contribution is -0.141. The zero-order chi connectivity index (χ0) is 20.8. The molecule has 1 aromatic carbocycles. The van der Waals surface area contributed by atoms with Crippen LogP contribution in [0.1, 0.15) is 19.8 Å². The van der Waals surface area contributed by atoms with Crippen LogP contribution in [0, 0.1) is 0 Å². The minimum atomic E-state index is -0.562. The number of rotatable bonds is 7. The van der Waals surface area contributed by atoms with E-state index in [2.05, 4.69) is 15.0 Å². The highest BCUT2D eigenvalue weighted by atomic mass is 16.5. The molecule has 1 atom stereocenters. The van der Waals surface area contributed by atoms with Gasteiger partial charge in [-0.15, -0.1) is 0 Å². The van der Waals surface area contributed by atoms with E-state index in [0.29, 0.717) is 36.9 Å². The summed E-state index contributed by atoms with van der Waals surface area (Å²) < 4.78 is 15.6. The van der Waals surface area contributed by atoms with Crippen molar-refractivity contribution in [3.63, 3.8) is 0 Å². The predicted molar refractivity (Wildman–Crippen MR) is 106 cm³/mol. The molecule has 9 heteroatoms. The second-order valence-corrected chi connectivity index (χ2v) is 7.01. The first-order valence-electron chi connectivity index (χ1n) is 9.77. The largest absolute Gasteiger partial charge is 0.479 e. The molecule has 1 N–H and O–H groups in total. The molecular formula is C20H27N3O6. The van der Waals surface area contributed by atoms with Gasteiger partial charge in [0.1, 0.15) is 5.75 Å². The molecule has 29 heavy (non-hydrogen) atoms. The van der Waals surface area contributed by atoms with Crippen LogP contribution in [0.2, 0.25) is 0 Å². The molecule has 0 spiro atoms. The van der Waals surface area contributed by atoms with Gasteiger partial charge in [-0.3, -0.25) is 19.3 Å². The van der Waals surface area contributed by atoms with Crippen molar-refractivity contribution >= 4 is 29.2 Å². The Morgan fingerprint density at radius 1 is 1.21 bits per heavy atom. The average Bonchev–Trinajstić information content (AvgIpc) is 2.73. The van der Waals surface area contributed by atoms with Crippen LogP contribution < -0.4 is 15.0 Å². The second-order valence-electron chi connectivity index (χ2n) is 7.01. The van der Waals surface area contributed by atoms with E-state index in [0.717, 1.165) is 19.6 Å². The molecule has 0 saturated carbocycles. The molecule has 2 amide bonds. The highest BCUT2D eigenvalue weighted by molar-refractivity contribution is 6.01. The molecular weight excluding hydrogens is 378 g/mol. The van der Waals surface area contributed by atoms with Crippen LogP contribution in [0.25, 0.3) is 0 Å². The number of hydrogen-bond acceptors (Lipinski definition) is 7. The van der Waals surface area contributed by atoms with Crippen molar-refractivity contribution in [3.8, 4) is 5.75 Å². The van der Waals surface area contributed by atoms with Crippen LogP contribution in [0.15, 0.2) is 18.2 Å². The van der Waals surface area contributed by atoms with Crippen molar-refractivity contribution in [1.29, 1.82) is 0 Å². The molecule has 2 heterocycles. The molecule has 0 aliphatic carbocycles. The van der Waals surface area contributed by atoms with Crippen LogP contribution >= 0.6 is 0 Å². The number of carbonyl (C=O) groups is 3. The normalized spacial score (nSPS) is 19.3. The molecule has 0 radical (unpaired) electrons. The van der Waals surface area contributed by atoms with Crippen molar-refractivity contribution in [2.75, 3.05) is 56.7 Å². The quantitative estimate of drug-likeness (QED) is 0.677. The summed E-state index contributed by atoms with van der Waals surface area (Å²) in [6.45, 7) is 6.08. The number of benzene rings is 1. The first-order valence-corrected chi connectivity index (χ1v) is 9.77. The Bertz CT molecular complexity index is 763. The molecule has 1 saturated heterocycles. The van der Waals surface area contributed by atoms with Crippen molar-refractivity contribution in [1.82, 2.24) is 4.90 Å². The first-order chi connectivity index (χ1) is 14.0. The van der Waals surface area contributed by atoms with Crippen LogP contribution in [0.4, 0.5) is 11.4 Å². The van der Waals surface area contributed by atoms with Gasteiger partial charge < -0.3 is 24.4 Å². The summed E-state index contributed by atoms with van der Waals surface area (Å²) in [5.41, 5.74) is 1.17. The maximum Gasteiger partial charge on any atom is 0.306 e. The molecule has 158 valence electrons. The summed E-state index contributed by atoms with van der Waals surface area (Å²) in [5, 5.41) is 2.76. The molecule has 0 aromatic heterocycles. The lowest BCUT2D eigenvalue weighted by Gasteiger charge is -2.35. The van der Waals surface area contributed by atoms with Gasteiger partial charge in [-0.2, -0.15) is 0 Å². The standard InChI is InChI=1S/C20H27N3O6/c1-14-20(26)23(8-7-22-9-11-28-12-10-22)16-13-15(3-4-17(16)29-14)21-18(24)5-6-19(25)27-2/h3-4,13-14H,5-12H2,1-2H3,(H,21,24). The Hall–Kier alpha value is -2.65. The van der Waals surface area contributed by atoms with Gasteiger partial charge in [-0.05, 0) is 25.1 Å². The molecule has 9 nitrogen and oxygen atoms in total. The molecule has 0 bridgehead atoms. The van der Waals surface area contributed by atoms with Crippen LogP contribution in [0.3, 0.4) is 0 Å². The third-order valence-electron chi connectivity index (χ3n) is 4.98. The molecule has 1 unspecified atom stereocenters. The zero-order valence-electron chi connectivity index (χ0n) is 16.8. The molecule has 2 aliphatic rings. The third kappa shape index (κ3) is 5.45. The smallest absolute Gasteiger partial charge is 0.306 e. The fourth-order valence-corrected chi connectivity index (χ4v) is 3.32. The summed E-state index contributed by atoms with van der Waals surface area (Å²) in [6.07, 6.45) is -0.526. The van der Waals surface area contributed by atoms with E-state index >= 15 is 0 Å². The average molecular weight is 405 g/mol. The van der Waals surface area contributed by atoms with Gasteiger partial charge in [0.05, 0.1) is 32.4 Å². The van der Waals surface area contributed by atoms with Gasteiger partial charge in [0.25, 0.3) is 5.91 Å². The fraction of sp³-hybridized carbons (Fsp3) is 0.550. The summed E-state index contributed by atoms with van der Waals surface area (Å²) in [4.78, 5) is 40.0. The van der Waals surface area contributed by atoms with E-state index in [9.17, 15) is 14.4 Å². The highest BCUT2D eigenvalue weighted by Gasteiger charge is 2.32. The van der Waals surface area contributed by atoms with E-state index in [-0.39, 0.29) is 24.7 Å². The SMILES string of the molecule is COC(=O)CCC(=O)Nc1ccc2c(c1)N(CCN1CCOCC1)C(=O)C(C)O2. The number of amides is 2. The number of nitrogens with zero attached hydrogens (tertiary/aromatic N) is 2. The topological polar surface area (TPSA) is 97.4 Å². The van der Waals surface area contributed by atoms with Crippen LogP contribution in [-0.2, 0) is 23.9 Å². The van der Waals surface area contributed by atoms with Gasteiger partial charge in [0.15, 0.2) is 6.10 Å². The summed E-state index contributed by atoms with van der Waals surface area (Å²) >= 11 is 0. The Morgan fingerprint density at radius 3 is 2.69 bits per heavy atom. The lowest BCUT2D eigenvalue weighted by atomic mass is 10.1. The van der Waals surface area contributed by atoms with Crippen LogP contribution in [-0.4, -0.2) is 75.3 Å². The van der Waals surface area contributed by atoms with Crippen molar-refractivity contribution in [2.45, 2.75) is 25.9 Å². The van der Waals surface area contributed by atoms with Crippen molar-refractivity contribution < 1.29 is 28.6 Å². The summed E-state index contributed by atoms with van der Waals surface area (Å²) in [5.74, 6) is -0.244. The summed E-state index contributed by atoms with van der Waals surface area (Å²) in [6, 6.07) is 5.20. The Labute approximate surface area is 169 Å². The number of methoxy groups -OCH3 is 1. The predicted octanol–water partition coefficient (Wildman–Crippen LogP) is 1.02. The number of morpholine rings is 1. The number of esters is 1. The van der Waals surface area contributed by atoms with Crippen molar-refractivity contribution in [2.24, 2.45) is 0 Å². The number of nitrogens with one attached hydrogen (secondary N) is 1. The molecule has 1 fully saturated rings. The number of fused-ring (bicyclic) bond motifs is 1. The van der Waals surface area contributed by atoms with E-state index < -0.39 is 12.1 Å². The van der Waals surface area contributed by atoms with Gasteiger partial charge in [0, 0.05) is 38.3 Å². The summed E-state index contributed by atoms with van der Waals surface area (Å²) in [7, 11) is 1.28. The minimum absolute atomic E-state index is 0.0120. The number of carbonyl (C=O) groups excluding carboxylic acids is 3. The number of ether oxygens (including phenoxy) is 3. The maximum absolute atomic E-state index is 12.7. The Kier molecular flexibility index (Phi) is 7.05. The van der Waals surface area contributed by atoms with Gasteiger partial charge in [-0.1, -0.05) is 0 Å². The lowest BCUT2D eigenvalue weighted by Crippen LogP contribution is -2.48. The third-order valence-corrected chi connectivity index (χ3v) is 4.98. The Morgan fingerprint density at radius 2 is 1.97 bits per heavy atom. The van der Waals surface area contributed by atoms with E-state index in [4.69, 9.17) is 9.47 Å². The number of anilines is 2. The van der Waals surface area contributed by atoms with Gasteiger partial charge in [0.2, 0.25) is 5.91 Å². The van der Waals surface area contributed by atoms with E-state index in [1.54, 1.807) is 30.0 Å². The van der Waals surface area contributed by atoms with E-state index in [1.165, 1.54) is 7.11 Å². The number of hydrogen-bond donors (Lipinski definition) is 1. The molecule has 2 aliphatic heterocycles. The fourth-order valence-electron chi connectivity index (χ4n) is 3.32. The highest BCUT2D eigenvalue weighted by Crippen LogP contribution is 2.36. The molecule has 3 rings (SSSR count). The van der Waals surface area contributed by atoms with Gasteiger partial charge in [-0.25, -0.2) is 0 Å². The first kappa shape index (κ1) is 21.1. The molecule has 1 aromatic rings. The van der Waals surface area contributed by atoms with Crippen LogP contribution in [0.5, 0.6) is 5.75 Å². The second kappa shape index (κ2) is 9.71. The van der Waals surface area contributed by atoms with Crippen molar-refractivity contribution in [3.05, 3.63) is 18.2 Å². The van der Waals surface area contributed by atoms with Gasteiger partial charge >= 0.3 is 5.97 Å². The Balaban J connectivity index is 1.69. The van der Waals surface area contributed by atoms with E-state index in [1.807, 2.05) is 0 Å². The zero-order valence-corrected chi connectivity index (χ0v) is 16.8. The monoisotopic (exact) mass is 405 g/mol. The minimum Gasteiger partial charge on any atom is -0.479 e.